The Labute approximate surface area is 143 Å². The molecule has 0 aliphatic carbocycles. The van der Waals surface area contributed by atoms with Gasteiger partial charge in [0.1, 0.15) is 0 Å². The van der Waals surface area contributed by atoms with E-state index >= 15 is 0 Å². The van der Waals surface area contributed by atoms with E-state index in [4.69, 9.17) is 5.26 Å². The first kappa shape index (κ1) is 17.6. The molecular formula is C20H23N3O. The third-order valence-corrected chi connectivity index (χ3v) is 4.09. The first-order valence-electron chi connectivity index (χ1n) is 8.18. The van der Waals surface area contributed by atoms with Crippen molar-refractivity contribution in [3.63, 3.8) is 0 Å². The first-order valence-corrected chi connectivity index (χ1v) is 8.18. The molecule has 0 N–H and O–H groups in total. The van der Waals surface area contributed by atoms with Crippen LogP contribution in [0.5, 0.6) is 0 Å². The number of hydrogen-bond acceptors (Lipinski definition) is 3. The van der Waals surface area contributed by atoms with E-state index < -0.39 is 0 Å². The fourth-order valence-corrected chi connectivity index (χ4v) is 2.65. The van der Waals surface area contributed by atoms with Crippen molar-refractivity contribution in [2.24, 2.45) is 0 Å². The second kappa shape index (κ2) is 8.16. The normalized spacial score (nSPS) is 10.1. The maximum absolute atomic E-state index is 12.5. The summed E-state index contributed by atoms with van der Waals surface area (Å²) in [4.78, 5) is 16.4. The summed E-state index contributed by atoms with van der Waals surface area (Å²) >= 11 is 0. The quantitative estimate of drug-likeness (QED) is 0.815. The highest BCUT2D eigenvalue weighted by Gasteiger charge is 2.12. The molecule has 2 aromatic carbocycles. The van der Waals surface area contributed by atoms with Crippen LogP contribution < -0.4 is 4.90 Å². The van der Waals surface area contributed by atoms with E-state index in [-0.39, 0.29) is 5.91 Å². The van der Waals surface area contributed by atoms with Gasteiger partial charge < -0.3 is 9.80 Å². The maximum atomic E-state index is 12.5. The third kappa shape index (κ3) is 4.14. The van der Waals surface area contributed by atoms with Gasteiger partial charge in [-0.3, -0.25) is 4.79 Å². The standard InChI is InChI=1S/C20H23N3O/c1-4-23(5-2)19-12-8-17(9-13-19)15-22(3)20(24)18-10-6-16(14-21)7-11-18/h6-13H,4-5,15H2,1-3H3. The van der Waals surface area contributed by atoms with Crippen LogP contribution in [0.15, 0.2) is 48.5 Å². The van der Waals surface area contributed by atoms with Crippen LogP contribution in [0.25, 0.3) is 0 Å². The highest BCUT2D eigenvalue weighted by Crippen LogP contribution is 2.16. The molecule has 24 heavy (non-hydrogen) atoms. The van der Waals surface area contributed by atoms with Crippen molar-refractivity contribution in [1.29, 1.82) is 5.26 Å². The zero-order chi connectivity index (χ0) is 17.5. The predicted molar refractivity (Wildman–Crippen MR) is 97.0 cm³/mol. The number of hydrogen-bond donors (Lipinski definition) is 0. The molecular weight excluding hydrogens is 298 g/mol. The first-order chi connectivity index (χ1) is 11.6. The topological polar surface area (TPSA) is 47.3 Å². The second-order valence-electron chi connectivity index (χ2n) is 5.69. The van der Waals surface area contributed by atoms with Gasteiger partial charge in [0.2, 0.25) is 0 Å². The molecule has 4 nitrogen and oxygen atoms in total. The van der Waals surface area contributed by atoms with Crippen LogP contribution >= 0.6 is 0 Å². The highest BCUT2D eigenvalue weighted by atomic mass is 16.2. The lowest BCUT2D eigenvalue weighted by atomic mass is 10.1. The van der Waals surface area contributed by atoms with Crippen molar-refractivity contribution in [3.8, 4) is 6.07 Å². The minimum atomic E-state index is -0.0488. The average molecular weight is 321 g/mol. The molecule has 0 radical (unpaired) electrons. The lowest BCUT2D eigenvalue weighted by Gasteiger charge is -2.22. The average Bonchev–Trinajstić information content (AvgIpc) is 2.63. The third-order valence-electron chi connectivity index (χ3n) is 4.09. The van der Waals surface area contributed by atoms with E-state index in [1.165, 1.54) is 5.69 Å². The Hall–Kier alpha value is -2.80. The van der Waals surface area contributed by atoms with Gasteiger partial charge in [0.05, 0.1) is 11.6 Å². The maximum Gasteiger partial charge on any atom is 0.253 e. The highest BCUT2D eigenvalue weighted by molar-refractivity contribution is 5.94. The zero-order valence-corrected chi connectivity index (χ0v) is 14.5. The Balaban J connectivity index is 2.04. The molecule has 0 bridgehead atoms. The summed E-state index contributed by atoms with van der Waals surface area (Å²) < 4.78 is 0. The van der Waals surface area contributed by atoms with Gasteiger partial charge in [-0.1, -0.05) is 12.1 Å². The SMILES string of the molecule is CCN(CC)c1ccc(CN(C)C(=O)c2ccc(C#N)cc2)cc1. The molecule has 124 valence electrons. The number of amides is 1. The molecule has 2 rings (SSSR count). The van der Waals surface area contributed by atoms with Crippen LogP contribution in [0.4, 0.5) is 5.69 Å². The molecule has 0 atom stereocenters. The molecule has 0 aromatic heterocycles. The van der Waals surface area contributed by atoms with Gasteiger partial charge in [-0.25, -0.2) is 0 Å². The monoisotopic (exact) mass is 321 g/mol. The summed E-state index contributed by atoms with van der Waals surface area (Å²) in [6.45, 7) is 6.79. The fourth-order valence-electron chi connectivity index (χ4n) is 2.65. The summed E-state index contributed by atoms with van der Waals surface area (Å²) in [6, 6.07) is 17.1. The Bertz CT molecular complexity index is 710. The number of rotatable bonds is 6. The van der Waals surface area contributed by atoms with Gasteiger partial charge in [-0.15, -0.1) is 0 Å². The van der Waals surface area contributed by atoms with Crippen LogP contribution in [0.1, 0.15) is 35.3 Å². The Morgan fingerprint density at radius 3 is 2.08 bits per heavy atom. The molecule has 1 amide bonds. The number of carbonyl (C=O) groups excluding carboxylic acids is 1. The summed E-state index contributed by atoms with van der Waals surface area (Å²) in [7, 11) is 1.79. The van der Waals surface area contributed by atoms with Crippen LogP contribution in [0, 0.1) is 11.3 Å². The number of anilines is 1. The van der Waals surface area contributed by atoms with Gasteiger partial charge >= 0.3 is 0 Å². The Kier molecular flexibility index (Phi) is 5.97. The molecule has 0 fully saturated rings. The zero-order valence-electron chi connectivity index (χ0n) is 14.5. The van der Waals surface area contributed by atoms with Crippen molar-refractivity contribution in [2.45, 2.75) is 20.4 Å². The number of nitrogens with zero attached hydrogens (tertiary/aromatic N) is 3. The van der Waals surface area contributed by atoms with Gasteiger partial charge in [-0.2, -0.15) is 5.26 Å². The molecule has 0 aliphatic heterocycles. The largest absolute Gasteiger partial charge is 0.372 e. The van der Waals surface area contributed by atoms with Crippen LogP contribution in [0.2, 0.25) is 0 Å². The fraction of sp³-hybridized carbons (Fsp3) is 0.300. The molecule has 0 saturated carbocycles. The van der Waals surface area contributed by atoms with Crippen LogP contribution in [0.3, 0.4) is 0 Å². The van der Waals surface area contributed by atoms with E-state index in [9.17, 15) is 4.79 Å². The number of benzene rings is 2. The van der Waals surface area contributed by atoms with Gasteiger partial charge in [0, 0.05) is 37.9 Å². The van der Waals surface area contributed by atoms with E-state index in [1.54, 1.807) is 36.2 Å². The summed E-state index contributed by atoms with van der Waals surface area (Å²) in [5.74, 6) is -0.0488. The molecule has 0 unspecified atom stereocenters. The van der Waals surface area contributed by atoms with Crippen molar-refractivity contribution >= 4 is 11.6 Å². The molecule has 4 heteroatoms. The van der Waals surface area contributed by atoms with E-state index in [2.05, 4.69) is 49.1 Å². The summed E-state index contributed by atoms with van der Waals surface area (Å²) in [6.07, 6.45) is 0. The van der Waals surface area contributed by atoms with Crippen molar-refractivity contribution < 1.29 is 4.79 Å². The lowest BCUT2D eigenvalue weighted by molar-refractivity contribution is 0.0785. The number of nitriles is 1. The van der Waals surface area contributed by atoms with Crippen molar-refractivity contribution in [3.05, 3.63) is 65.2 Å². The van der Waals surface area contributed by atoms with Gasteiger partial charge in [-0.05, 0) is 55.8 Å². The van der Waals surface area contributed by atoms with Gasteiger partial charge in [0.15, 0.2) is 0 Å². The molecule has 0 saturated heterocycles. The van der Waals surface area contributed by atoms with Crippen LogP contribution in [-0.4, -0.2) is 30.9 Å². The summed E-state index contributed by atoms with van der Waals surface area (Å²) in [5, 5.41) is 8.82. The van der Waals surface area contributed by atoms with Crippen LogP contribution in [-0.2, 0) is 6.54 Å². The van der Waals surface area contributed by atoms with Crippen molar-refractivity contribution in [1.82, 2.24) is 4.90 Å². The molecule has 0 spiro atoms. The van der Waals surface area contributed by atoms with E-state index in [1.807, 2.05) is 0 Å². The minimum absolute atomic E-state index is 0.0488. The number of carbonyl (C=O) groups is 1. The summed E-state index contributed by atoms with van der Waals surface area (Å²) in [5.41, 5.74) is 3.44. The second-order valence-corrected chi connectivity index (χ2v) is 5.69. The predicted octanol–water partition coefficient (Wildman–Crippen LogP) is 3.68. The van der Waals surface area contributed by atoms with Crippen molar-refractivity contribution in [2.75, 3.05) is 25.0 Å². The smallest absolute Gasteiger partial charge is 0.253 e. The Morgan fingerprint density at radius 2 is 1.58 bits per heavy atom. The lowest BCUT2D eigenvalue weighted by Crippen LogP contribution is -2.26. The Morgan fingerprint density at radius 1 is 1.00 bits per heavy atom. The molecule has 2 aromatic rings. The van der Waals surface area contributed by atoms with Gasteiger partial charge in [0.25, 0.3) is 5.91 Å². The molecule has 0 heterocycles. The van der Waals surface area contributed by atoms with E-state index in [0.29, 0.717) is 17.7 Å². The molecule has 0 aliphatic rings. The van der Waals surface area contributed by atoms with E-state index in [0.717, 1.165) is 18.7 Å². The minimum Gasteiger partial charge on any atom is -0.372 e.